The SMILES string of the molecule is O=C1CCC(N2Cc3cc(OC[C@@H]4CCCCN4Cc4cc(Cl)ccc4O)ccc3C2=O)C(=O)N1. The molecule has 5 rings (SSSR count). The Labute approximate surface area is 208 Å². The molecule has 2 atom stereocenters. The lowest BCUT2D eigenvalue weighted by atomic mass is 10.0. The van der Waals surface area contributed by atoms with Crippen LogP contribution in [0.15, 0.2) is 36.4 Å². The molecule has 0 radical (unpaired) electrons. The van der Waals surface area contributed by atoms with E-state index < -0.39 is 11.9 Å². The average Bonchev–Trinajstić information content (AvgIpc) is 3.16. The minimum Gasteiger partial charge on any atom is -0.508 e. The van der Waals surface area contributed by atoms with Crippen LogP contribution in [0.4, 0.5) is 0 Å². The van der Waals surface area contributed by atoms with Gasteiger partial charge in [0.05, 0.1) is 0 Å². The van der Waals surface area contributed by atoms with Gasteiger partial charge in [-0.15, -0.1) is 0 Å². The van der Waals surface area contributed by atoms with Crippen molar-refractivity contribution in [3.8, 4) is 11.5 Å². The maximum Gasteiger partial charge on any atom is 0.255 e. The number of carbonyl (C=O) groups is 3. The van der Waals surface area contributed by atoms with Crippen molar-refractivity contribution in [2.45, 2.75) is 57.3 Å². The molecule has 2 aromatic rings. The number of imide groups is 1. The number of ether oxygens (including phenoxy) is 1. The first-order valence-electron chi connectivity index (χ1n) is 12.0. The first kappa shape index (κ1) is 23.6. The maximum atomic E-state index is 12.9. The van der Waals surface area contributed by atoms with E-state index in [4.69, 9.17) is 16.3 Å². The maximum absolute atomic E-state index is 12.9. The number of piperidine rings is 2. The normalized spacial score (nSPS) is 22.8. The van der Waals surface area contributed by atoms with E-state index in [9.17, 15) is 19.5 Å². The van der Waals surface area contributed by atoms with Crippen LogP contribution in [0.25, 0.3) is 0 Å². The highest BCUT2D eigenvalue weighted by molar-refractivity contribution is 6.30. The molecule has 2 fully saturated rings. The van der Waals surface area contributed by atoms with Crippen LogP contribution in [0.5, 0.6) is 11.5 Å². The molecular weight excluding hydrogens is 470 g/mol. The number of carbonyl (C=O) groups excluding carboxylic acids is 3. The molecule has 0 aromatic heterocycles. The third-order valence-corrected chi connectivity index (χ3v) is 7.34. The zero-order valence-corrected chi connectivity index (χ0v) is 20.1. The number of nitrogens with zero attached hydrogens (tertiary/aromatic N) is 2. The average molecular weight is 498 g/mol. The molecule has 3 heterocycles. The van der Waals surface area contributed by atoms with E-state index in [-0.39, 0.29) is 30.0 Å². The summed E-state index contributed by atoms with van der Waals surface area (Å²) >= 11 is 6.12. The Hall–Kier alpha value is -3.10. The third kappa shape index (κ3) is 4.99. The fourth-order valence-corrected chi connectivity index (χ4v) is 5.38. The molecule has 0 saturated carbocycles. The molecule has 2 N–H and O–H groups in total. The largest absolute Gasteiger partial charge is 0.508 e. The minimum atomic E-state index is -0.629. The van der Waals surface area contributed by atoms with Gasteiger partial charge in [-0.05, 0) is 67.8 Å². The minimum absolute atomic E-state index is 0.192. The van der Waals surface area contributed by atoms with Gasteiger partial charge in [0.2, 0.25) is 11.8 Å². The van der Waals surface area contributed by atoms with E-state index in [0.29, 0.717) is 42.5 Å². The van der Waals surface area contributed by atoms with Gasteiger partial charge in [0.1, 0.15) is 24.1 Å². The molecule has 0 bridgehead atoms. The second kappa shape index (κ2) is 9.87. The fraction of sp³-hybridized carbons (Fsp3) is 0.423. The van der Waals surface area contributed by atoms with Gasteiger partial charge in [-0.25, -0.2) is 0 Å². The summed E-state index contributed by atoms with van der Waals surface area (Å²) in [7, 11) is 0. The summed E-state index contributed by atoms with van der Waals surface area (Å²) in [6.07, 6.45) is 3.78. The van der Waals surface area contributed by atoms with E-state index in [0.717, 1.165) is 36.9 Å². The number of benzene rings is 2. The van der Waals surface area contributed by atoms with Crippen LogP contribution in [-0.2, 0) is 22.7 Å². The number of phenolic OH excluding ortho intramolecular Hbond substituents is 1. The molecule has 3 aliphatic rings. The molecule has 8 nitrogen and oxygen atoms in total. The number of fused-ring (bicyclic) bond motifs is 1. The van der Waals surface area contributed by atoms with Crippen molar-refractivity contribution in [3.63, 3.8) is 0 Å². The fourth-order valence-electron chi connectivity index (χ4n) is 5.19. The van der Waals surface area contributed by atoms with Crippen LogP contribution in [0, 0.1) is 0 Å². The number of likely N-dealkylation sites (tertiary alicyclic amines) is 1. The van der Waals surface area contributed by atoms with Crippen molar-refractivity contribution in [2.75, 3.05) is 13.2 Å². The number of phenols is 1. The molecule has 184 valence electrons. The first-order chi connectivity index (χ1) is 16.9. The number of hydrogen-bond donors (Lipinski definition) is 2. The topological polar surface area (TPSA) is 99.2 Å². The van der Waals surface area contributed by atoms with E-state index in [1.165, 1.54) is 4.90 Å². The number of halogens is 1. The summed E-state index contributed by atoms with van der Waals surface area (Å²) in [4.78, 5) is 40.5. The lowest BCUT2D eigenvalue weighted by molar-refractivity contribution is -0.136. The van der Waals surface area contributed by atoms with Gasteiger partial charge in [0.15, 0.2) is 0 Å². The number of nitrogens with one attached hydrogen (secondary N) is 1. The van der Waals surface area contributed by atoms with Crippen LogP contribution in [-0.4, -0.2) is 57.9 Å². The summed E-state index contributed by atoms with van der Waals surface area (Å²) in [6, 6.07) is 10.1. The van der Waals surface area contributed by atoms with E-state index in [1.807, 2.05) is 6.07 Å². The first-order valence-corrected chi connectivity index (χ1v) is 12.4. The van der Waals surface area contributed by atoms with Crippen molar-refractivity contribution in [3.05, 3.63) is 58.1 Å². The van der Waals surface area contributed by atoms with Gasteiger partial charge in [0.25, 0.3) is 5.91 Å². The number of hydrogen-bond acceptors (Lipinski definition) is 6. The summed E-state index contributed by atoms with van der Waals surface area (Å²) in [6.45, 7) is 2.33. The highest BCUT2D eigenvalue weighted by Gasteiger charge is 2.39. The lowest BCUT2D eigenvalue weighted by Crippen LogP contribution is -2.52. The molecule has 1 unspecified atom stereocenters. The smallest absolute Gasteiger partial charge is 0.255 e. The second-order valence-electron chi connectivity index (χ2n) is 9.42. The van der Waals surface area contributed by atoms with E-state index in [2.05, 4.69) is 10.2 Å². The van der Waals surface area contributed by atoms with Gasteiger partial charge in [-0.2, -0.15) is 0 Å². The van der Waals surface area contributed by atoms with Crippen molar-refractivity contribution < 1.29 is 24.2 Å². The zero-order chi connectivity index (χ0) is 24.5. The number of rotatable bonds is 6. The Kier molecular flexibility index (Phi) is 6.67. The quantitative estimate of drug-likeness (QED) is 0.594. The van der Waals surface area contributed by atoms with Crippen LogP contribution in [0.1, 0.15) is 53.6 Å². The highest BCUT2D eigenvalue weighted by Crippen LogP contribution is 2.31. The predicted octanol–water partition coefficient (Wildman–Crippen LogP) is 3.24. The summed E-state index contributed by atoms with van der Waals surface area (Å²) in [5.74, 6) is 0.0116. The van der Waals surface area contributed by atoms with Crippen molar-refractivity contribution in [2.24, 2.45) is 0 Å². The van der Waals surface area contributed by atoms with Crippen molar-refractivity contribution >= 4 is 29.3 Å². The van der Waals surface area contributed by atoms with Crippen molar-refractivity contribution in [1.29, 1.82) is 0 Å². The third-order valence-electron chi connectivity index (χ3n) is 7.10. The Morgan fingerprint density at radius 1 is 1.09 bits per heavy atom. The standard InChI is InChI=1S/C26H28ClN3O5/c27-18-4-8-23(31)17(11-18)13-29-10-2-1-3-19(29)15-35-20-5-6-21-16(12-20)14-30(26(21)34)22-7-9-24(32)28-25(22)33/h4-6,8,11-12,19,22,31H,1-3,7,9-10,13-15H2,(H,28,32,33)/t19-,22?/m0/s1. The molecule has 0 aliphatic carbocycles. The van der Waals surface area contributed by atoms with Crippen LogP contribution in [0.3, 0.4) is 0 Å². The van der Waals surface area contributed by atoms with E-state index >= 15 is 0 Å². The number of aromatic hydroxyl groups is 1. The molecule has 2 saturated heterocycles. The Bertz CT molecular complexity index is 1170. The van der Waals surface area contributed by atoms with E-state index in [1.54, 1.807) is 30.3 Å². The molecule has 3 amide bonds. The highest BCUT2D eigenvalue weighted by atomic mass is 35.5. The van der Waals surface area contributed by atoms with Crippen LogP contribution >= 0.6 is 11.6 Å². The molecule has 0 spiro atoms. The molecule has 9 heteroatoms. The Balaban J connectivity index is 1.24. The van der Waals surface area contributed by atoms with Gasteiger partial charge >= 0.3 is 0 Å². The molecule has 3 aliphatic heterocycles. The van der Waals surface area contributed by atoms with Gasteiger partial charge < -0.3 is 14.7 Å². The van der Waals surface area contributed by atoms with Crippen LogP contribution in [0.2, 0.25) is 5.02 Å². The molecule has 35 heavy (non-hydrogen) atoms. The molecule has 2 aromatic carbocycles. The Morgan fingerprint density at radius 3 is 2.77 bits per heavy atom. The number of amides is 3. The monoisotopic (exact) mass is 497 g/mol. The van der Waals surface area contributed by atoms with Crippen molar-refractivity contribution in [1.82, 2.24) is 15.1 Å². The van der Waals surface area contributed by atoms with Crippen LogP contribution < -0.4 is 10.1 Å². The lowest BCUT2D eigenvalue weighted by Gasteiger charge is -2.35. The van der Waals surface area contributed by atoms with Gasteiger partial charge in [0, 0.05) is 41.7 Å². The zero-order valence-electron chi connectivity index (χ0n) is 19.3. The Morgan fingerprint density at radius 2 is 1.94 bits per heavy atom. The predicted molar refractivity (Wildman–Crippen MR) is 129 cm³/mol. The van der Waals surface area contributed by atoms with Gasteiger partial charge in [-0.1, -0.05) is 18.0 Å². The summed E-state index contributed by atoms with van der Waals surface area (Å²) in [5, 5.41) is 13.2. The summed E-state index contributed by atoms with van der Waals surface area (Å²) in [5.41, 5.74) is 2.19. The second-order valence-corrected chi connectivity index (χ2v) is 9.86. The van der Waals surface area contributed by atoms with Gasteiger partial charge in [-0.3, -0.25) is 24.6 Å². The molecular formula is C26H28ClN3O5. The summed E-state index contributed by atoms with van der Waals surface area (Å²) < 4.78 is 6.16.